The second-order valence-electron chi connectivity index (χ2n) is 8.27. The summed E-state index contributed by atoms with van der Waals surface area (Å²) in [6.07, 6.45) is 3.77. The van der Waals surface area contributed by atoms with Gasteiger partial charge in [-0.05, 0) is 67.9 Å². The third-order valence-electron chi connectivity index (χ3n) is 6.03. The van der Waals surface area contributed by atoms with Crippen LogP contribution in [-0.2, 0) is 32.6 Å². The Labute approximate surface area is 190 Å². The zero-order valence-electron chi connectivity index (χ0n) is 18.6. The lowest BCUT2D eigenvalue weighted by Gasteiger charge is -2.34. The van der Waals surface area contributed by atoms with E-state index in [2.05, 4.69) is 0 Å². The summed E-state index contributed by atoms with van der Waals surface area (Å²) in [5.74, 6) is 0. The lowest BCUT2D eigenvalue weighted by Crippen LogP contribution is -2.41. The molecule has 1 aliphatic carbocycles. The van der Waals surface area contributed by atoms with Crippen LogP contribution in [0.1, 0.15) is 42.4 Å². The highest BCUT2D eigenvalue weighted by Crippen LogP contribution is 2.25. The van der Waals surface area contributed by atoms with Crippen molar-refractivity contribution >= 4 is 16.2 Å². The SMILES string of the molecule is Cc1ccc(S(=O)(=O)O)cc1CCO[C@H]1CC[C@H](N(C)C(=O)OCc2ccccc2)CC1. The fourth-order valence-corrected chi connectivity index (χ4v) is 4.51. The Bertz CT molecular complexity index is 1000. The van der Waals surface area contributed by atoms with Crippen LogP contribution in [-0.4, -0.2) is 49.8 Å². The van der Waals surface area contributed by atoms with Gasteiger partial charge in [-0.1, -0.05) is 36.4 Å². The zero-order valence-corrected chi connectivity index (χ0v) is 19.4. The quantitative estimate of drug-likeness (QED) is 0.587. The predicted octanol–water partition coefficient (Wildman–Crippen LogP) is 4.38. The largest absolute Gasteiger partial charge is 0.445 e. The average Bonchev–Trinajstić information content (AvgIpc) is 2.78. The van der Waals surface area contributed by atoms with Gasteiger partial charge >= 0.3 is 6.09 Å². The van der Waals surface area contributed by atoms with Crippen molar-refractivity contribution in [1.29, 1.82) is 0 Å². The lowest BCUT2D eigenvalue weighted by atomic mass is 9.92. The second-order valence-corrected chi connectivity index (χ2v) is 9.69. The lowest BCUT2D eigenvalue weighted by molar-refractivity contribution is 0.00982. The number of hydrogen-bond donors (Lipinski definition) is 1. The molecule has 8 heteroatoms. The van der Waals surface area contributed by atoms with Crippen molar-refractivity contribution in [3.8, 4) is 0 Å². The van der Waals surface area contributed by atoms with Gasteiger partial charge in [0, 0.05) is 13.1 Å². The van der Waals surface area contributed by atoms with Crippen molar-refractivity contribution in [3.63, 3.8) is 0 Å². The van der Waals surface area contributed by atoms with E-state index in [4.69, 9.17) is 9.47 Å². The van der Waals surface area contributed by atoms with Crippen LogP contribution in [0.4, 0.5) is 4.79 Å². The molecule has 1 amide bonds. The van der Waals surface area contributed by atoms with Crippen LogP contribution >= 0.6 is 0 Å². The highest BCUT2D eigenvalue weighted by atomic mass is 32.2. The van der Waals surface area contributed by atoms with E-state index in [1.165, 1.54) is 12.1 Å². The van der Waals surface area contributed by atoms with Crippen molar-refractivity contribution in [2.75, 3.05) is 13.7 Å². The van der Waals surface area contributed by atoms with Crippen molar-refractivity contribution in [2.45, 2.75) is 62.7 Å². The molecule has 0 spiro atoms. The summed E-state index contributed by atoms with van der Waals surface area (Å²) in [6.45, 7) is 2.64. The van der Waals surface area contributed by atoms with Crippen LogP contribution in [0.5, 0.6) is 0 Å². The molecule has 1 N–H and O–H groups in total. The number of rotatable bonds is 8. The van der Waals surface area contributed by atoms with Crippen LogP contribution < -0.4 is 0 Å². The van der Waals surface area contributed by atoms with Gasteiger partial charge in [-0.15, -0.1) is 0 Å². The van der Waals surface area contributed by atoms with E-state index in [-0.39, 0.29) is 29.7 Å². The van der Waals surface area contributed by atoms with E-state index in [9.17, 15) is 17.8 Å². The van der Waals surface area contributed by atoms with Gasteiger partial charge in [-0.25, -0.2) is 4.79 Å². The van der Waals surface area contributed by atoms with E-state index in [1.54, 1.807) is 18.0 Å². The number of nitrogens with zero attached hydrogens (tertiary/aromatic N) is 1. The fraction of sp³-hybridized carbons (Fsp3) is 0.458. The minimum absolute atomic E-state index is 0.0965. The van der Waals surface area contributed by atoms with E-state index in [0.717, 1.165) is 42.4 Å². The number of hydrogen-bond acceptors (Lipinski definition) is 5. The molecular formula is C24H31NO6S. The van der Waals surface area contributed by atoms with Gasteiger partial charge in [0.2, 0.25) is 0 Å². The molecular weight excluding hydrogens is 430 g/mol. The summed E-state index contributed by atoms with van der Waals surface area (Å²) in [4.78, 5) is 14.0. The van der Waals surface area contributed by atoms with Crippen molar-refractivity contribution < 1.29 is 27.2 Å². The molecule has 1 saturated carbocycles. The highest BCUT2D eigenvalue weighted by Gasteiger charge is 2.27. The second kappa shape index (κ2) is 10.9. The third-order valence-corrected chi connectivity index (χ3v) is 6.88. The van der Waals surface area contributed by atoms with Crippen molar-refractivity contribution in [2.24, 2.45) is 0 Å². The Hall–Kier alpha value is -2.42. The van der Waals surface area contributed by atoms with Gasteiger partial charge in [0.1, 0.15) is 6.61 Å². The van der Waals surface area contributed by atoms with E-state index < -0.39 is 10.1 Å². The molecule has 0 aliphatic heterocycles. The summed E-state index contributed by atoms with van der Waals surface area (Å²) >= 11 is 0. The molecule has 0 atom stereocenters. The molecule has 1 fully saturated rings. The van der Waals surface area contributed by atoms with E-state index in [0.29, 0.717) is 13.0 Å². The number of carbonyl (C=O) groups excluding carboxylic acids is 1. The summed E-state index contributed by atoms with van der Waals surface area (Å²) in [6, 6.07) is 14.3. The van der Waals surface area contributed by atoms with Crippen molar-refractivity contribution in [1.82, 2.24) is 4.90 Å². The Balaban J connectivity index is 1.41. The summed E-state index contributed by atoms with van der Waals surface area (Å²) < 4.78 is 43.4. The standard InChI is InChI=1S/C24H31NO6S/c1-18-8-13-23(32(27,28)29)16-20(18)14-15-30-22-11-9-21(10-12-22)25(2)24(26)31-17-19-6-4-3-5-7-19/h3-8,13,16,21-22H,9-12,14-15,17H2,1-2H3,(H,27,28,29)/t21-,22-. The maximum atomic E-state index is 12.4. The monoisotopic (exact) mass is 461 g/mol. The van der Waals surface area contributed by atoms with Gasteiger partial charge in [-0.2, -0.15) is 8.42 Å². The topological polar surface area (TPSA) is 93.1 Å². The molecule has 1 aliphatic rings. The van der Waals surface area contributed by atoms with Crippen LogP contribution in [0, 0.1) is 6.92 Å². The van der Waals surface area contributed by atoms with Gasteiger partial charge in [0.05, 0.1) is 17.6 Å². The van der Waals surface area contributed by atoms with Gasteiger partial charge < -0.3 is 14.4 Å². The first-order valence-corrected chi connectivity index (χ1v) is 12.3. The predicted molar refractivity (Wildman–Crippen MR) is 121 cm³/mol. The van der Waals surface area contributed by atoms with Crippen LogP contribution in [0.3, 0.4) is 0 Å². The highest BCUT2D eigenvalue weighted by molar-refractivity contribution is 7.85. The van der Waals surface area contributed by atoms with Crippen molar-refractivity contribution in [3.05, 3.63) is 65.2 Å². The molecule has 174 valence electrons. The number of amides is 1. The molecule has 0 aromatic heterocycles. The Morgan fingerprint density at radius 3 is 2.44 bits per heavy atom. The maximum absolute atomic E-state index is 12.4. The fourth-order valence-electron chi connectivity index (χ4n) is 3.98. The first-order valence-electron chi connectivity index (χ1n) is 10.9. The smallest absolute Gasteiger partial charge is 0.410 e. The number of aryl methyl sites for hydroxylation is 1. The first-order chi connectivity index (χ1) is 15.2. The number of benzene rings is 2. The van der Waals surface area contributed by atoms with E-state index in [1.807, 2.05) is 37.3 Å². The molecule has 0 unspecified atom stereocenters. The van der Waals surface area contributed by atoms with Gasteiger partial charge in [0.15, 0.2) is 0 Å². The zero-order chi connectivity index (χ0) is 23.1. The van der Waals surface area contributed by atoms with Gasteiger partial charge in [0.25, 0.3) is 10.1 Å². The molecule has 0 radical (unpaired) electrons. The third kappa shape index (κ3) is 6.79. The van der Waals surface area contributed by atoms with Crippen LogP contribution in [0.2, 0.25) is 0 Å². The Morgan fingerprint density at radius 1 is 1.09 bits per heavy atom. The van der Waals surface area contributed by atoms with Crippen LogP contribution in [0.15, 0.2) is 53.4 Å². The minimum Gasteiger partial charge on any atom is -0.445 e. The van der Waals surface area contributed by atoms with Crippen LogP contribution in [0.25, 0.3) is 0 Å². The molecule has 2 aromatic carbocycles. The molecule has 7 nitrogen and oxygen atoms in total. The molecule has 0 saturated heterocycles. The number of ether oxygens (including phenoxy) is 2. The van der Waals surface area contributed by atoms with Gasteiger partial charge in [-0.3, -0.25) is 4.55 Å². The minimum atomic E-state index is -4.21. The van der Waals surface area contributed by atoms with E-state index >= 15 is 0 Å². The summed E-state index contributed by atoms with van der Waals surface area (Å²) in [5, 5.41) is 0. The Kier molecular flexibility index (Phi) is 8.28. The summed E-state index contributed by atoms with van der Waals surface area (Å²) in [5.41, 5.74) is 2.76. The molecule has 32 heavy (non-hydrogen) atoms. The molecule has 0 bridgehead atoms. The first kappa shape index (κ1) is 24.2. The number of carbonyl (C=O) groups is 1. The maximum Gasteiger partial charge on any atom is 0.410 e. The molecule has 0 heterocycles. The molecule has 2 aromatic rings. The average molecular weight is 462 g/mol. The molecule has 3 rings (SSSR count). The normalized spacial score (nSPS) is 18.8. The Morgan fingerprint density at radius 2 is 1.78 bits per heavy atom. The summed E-state index contributed by atoms with van der Waals surface area (Å²) in [7, 11) is -2.43.